The molecule has 0 fully saturated rings. The van der Waals surface area contributed by atoms with Gasteiger partial charge >= 0.3 is 5.97 Å². The summed E-state index contributed by atoms with van der Waals surface area (Å²) in [6.07, 6.45) is 0. The van der Waals surface area contributed by atoms with E-state index in [2.05, 4.69) is 5.32 Å². The molecular formula is C24H23ClN2O5S. The lowest BCUT2D eigenvalue weighted by Crippen LogP contribution is -2.27. The van der Waals surface area contributed by atoms with Gasteiger partial charge in [0.25, 0.3) is 15.9 Å². The fourth-order valence-electron chi connectivity index (χ4n) is 3.15. The molecule has 0 aliphatic heterocycles. The van der Waals surface area contributed by atoms with Crippen molar-refractivity contribution in [1.82, 2.24) is 0 Å². The zero-order valence-electron chi connectivity index (χ0n) is 18.3. The van der Waals surface area contributed by atoms with Gasteiger partial charge in [-0.05, 0) is 61.4 Å². The molecule has 0 spiro atoms. The highest BCUT2D eigenvalue weighted by atomic mass is 35.5. The molecule has 1 amide bonds. The summed E-state index contributed by atoms with van der Waals surface area (Å²) in [6, 6.07) is 17.5. The second-order valence-corrected chi connectivity index (χ2v) is 9.78. The van der Waals surface area contributed by atoms with E-state index in [1.807, 2.05) is 32.0 Å². The van der Waals surface area contributed by atoms with Crippen LogP contribution in [-0.4, -0.2) is 33.9 Å². The molecule has 0 heterocycles. The Labute approximate surface area is 198 Å². The molecule has 3 rings (SSSR count). The third kappa shape index (κ3) is 5.71. The zero-order valence-corrected chi connectivity index (χ0v) is 19.9. The van der Waals surface area contributed by atoms with E-state index >= 15 is 0 Å². The maximum atomic E-state index is 13.0. The van der Waals surface area contributed by atoms with Crippen molar-refractivity contribution in [2.45, 2.75) is 18.7 Å². The zero-order chi connectivity index (χ0) is 24.2. The minimum Gasteiger partial charge on any atom is -0.452 e. The Hall–Kier alpha value is -3.36. The Bertz CT molecular complexity index is 1290. The number of carbonyl (C=O) groups is 2. The number of anilines is 2. The molecule has 0 radical (unpaired) electrons. The molecule has 0 unspecified atom stereocenters. The number of ether oxygens (including phenoxy) is 1. The van der Waals surface area contributed by atoms with Crippen molar-refractivity contribution in [2.24, 2.45) is 0 Å². The summed E-state index contributed by atoms with van der Waals surface area (Å²) < 4.78 is 32.2. The first kappa shape index (κ1) is 24.3. The van der Waals surface area contributed by atoms with Crippen molar-refractivity contribution in [3.8, 4) is 0 Å². The van der Waals surface area contributed by atoms with Crippen LogP contribution in [0.2, 0.25) is 5.02 Å². The number of halogens is 1. The number of carbonyl (C=O) groups excluding carboxylic acids is 2. The molecule has 9 heteroatoms. The van der Waals surface area contributed by atoms with Gasteiger partial charge in [0.2, 0.25) is 0 Å². The Morgan fingerprint density at radius 2 is 1.61 bits per heavy atom. The van der Waals surface area contributed by atoms with Gasteiger partial charge in [-0.2, -0.15) is 0 Å². The van der Waals surface area contributed by atoms with Gasteiger partial charge in [-0.3, -0.25) is 9.10 Å². The van der Waals surface area contributed by atoms with Gasteiger partial charge in [0, 0.05) is 17.8 Å². The van der Waals surface area contributed by atoms with E-state index in [1.54, 1.807) is 18.2 Å². The van der Waals surface area contributed by atoms with E-state index in [4.69, 9.17) is 16.3 Å². The van der Waals surface area contributed by atoms with Gasteiger partial charge in [0.1, 0.15) is 0 Å². The Balaban J connectivity index is 1.71. The Morgan fingerprint density at radius 1 is 0.970 bits per heavy atom. The highest BCUT2D eigenvalue weighted by molar-refractivity contribution is 7.92. The third-order valence-electron chi connectivity index (χ3n) is 4.98. The molecule has 0 aliphatic rings. The molecule has 0 saturated carbocycles. The molecule has 33 heavy (non-hydrogen) atoms. The van der Waals surface area contributed by atoms with E-state index in [0.717, 1.165) is 15.4 Å². The molecule has 0 atom stereocenters. The lowest BCUT2D eigenvalue weighted by atomic mass is 10.1. The van der Waals surface area contributed by atoms with Gasteiger partial charge in [-0.25, -0.2) is 13.2 Å². The smallest absolute Gasteiger partial charge is 0.338 e. The Morgan fingerprint density at radius 3 is 2.27 bits per heavy atom. The van der Waals surface area contributed by atoms with Crippen LogP contribution in [-0.2, 0) is 19.6 Å². The summed E-state index contributed by atoms with van der Waals surface area (Å²) in [4.78, 5) is 24.6. The molecule has 1 N–H and O–H groups in total. The van der Waals surface area contributed by atoms with Crippen LogP contribution in [0.5, 0.6) is 0 Å². The molecular weight excluding hydrogens is 464 g/mol. The third-order valence-corrected chi connectivity index (χ3v) is 7.00. The van der Waals surface area contributed by atoms with Gasteiger partial charge < -0.3 is 10.1 Å². The van der Waals surface area contributed by atoms with Crippen LogP contribution in [0.4, 0.5) is 11.4 Å². The second-order valence-electron chi connectivity index (χ2n) is 7.37. The summed E-state index contributed by atoms with van der Waals surface area (Å²) in [5.41, 5.74) is 2.82. The van der Waals surface area contributed by atoms with E-state index in [1.165, 1.54) is 37.4 Å². The normalized spacial score (nSPS) is 11.0. The number of aryl methyl sites for hydroxylation is 2. The topological polar surface area (TPSA) is 92.8 Å². The van der Waals surface area contributed by atoms with Crippen molar-refractivity contribution in [1.29, 1.82) is 0 Å². The quantitative estimate of drug-likeness (QED) is 0.493. The van der Waals surface area contributed by atoms with Crippen molar-refractivity contribution < 1.29 is 22.7 Å². The number of nitrogens with zero attached hydrogens (tertiary/aromatic N) is 1. The number of sulfonamides is 1. The molecule has 0 aromatic heterocycles. The van der Waals surface area contributed by atoms with E-state index in [9.17, 15) is 18.0 Å². The summed E-state index contributed by atoms with van der Waals surface area (Å²) in [7, 11) is -2.57. The van der Waals surface area contributed by atoms with Gasteiger partial charge in [-0.15, -0.1) is 0 Å². The van der Waals surface area contributed by atoms with Crippen LogP contribution in [0.3, 0.4) is 0 Å². The molecule has 172 valence electrons. The SMILES string of the molecule is Cc1cccc(C)c1NC(=O)COC(=O)c1cccc(S(=O)(=O)N(C)c2cccc(Cl)c2)c1. The van der Waals surface area contributed by atoms with Crippen LogP contribution in [0.1, 0.15) is 21.5 Å². The summed E-state index contributed by atoms with van der Waals surface area (Å²) in [5.74, 6) is -1.31. The van der Waals surface area contributed by atoms with Crippen LogP contribution in [0, 0.1) is 13.8 Å². The minimum atomic E-state index is -3.96. The fraction of sp³-hybridized carbons (Fsp3) is 0.167. The van der Waals surface area contributed by atoms with Crippen molar-refractivity contribution in [3.63, 3.8) is 0 Å². The molecule has 0 bridgehead atoms. The average molecular weight is 487 g/mol. The van der Waals surface area contributed by atoms with Crippen molar-refractivity contribution >= 4 is 44.9 Å². The molecule has 3 aromatic rings. The number of para-hydroxylation sites is 1. The van der Waals surface area contributed by atoms with Gasteiger partial charge in [0.15, 0.2) is 6.61 Å². The predicted molar refractivity (Wildman–Crippen MR) is 128 cm³/mol. The first-order chi connectivity index (χ1) is 15.6. The summed E-state index contributed by atoms with van der Waals surface area (Å²) in [5, 5.41) is 3.12. The maximum Gasteiger partial charge on any atom is 0.338 e. The monoisotopic (exact) mass is 486 g/mol. The number of nitrogens with one attached hydrogen (secondary N) is 1. The number of esters is 1. The van der Waals surface area contributed by atoms with Crippen LogP contribution in [0.25, 0.3) is 0 Å². The Kier molecular flexibility index (Phi) is 7.40. The predicted octanol–water partition coefficient (Wildman–Crippen LogP) is 4.58. The second kappa shape index (κ2) is 10.1. The molecule has 0 aliphatic carbocycles. The lowest BCUT2D eigenvalue weighted by molar-refractivity contribution is -0.119. The first-order valence-electron chi connectivity index (χ1n) is 9.97. The molecule has 7 nitrogen and oxygen atoms in total. The largest absolute Gasteiger partial charge is 0.452 e. The van der Waals surface area contributed by atoms with Crippen LogP contribution in [0.15, 0.2) is 71.6 Å². The first-order valence-corrected chi connectivity index (χ1v) is 11.8. The average Bonchev–Trinajstić information content (AvgIpc) is 2.79. The summed E-state index contributed by atoms with van der Waals surface area (Å²) >= 11 is 5.97. The molecule has 3 aromatic carbocycles. The number of amides is 1. The summed E-state index contributed by atoms with van der Waals surface area (Å²) in [6.45, 7) is 3.22. The van der Waals surface area contributed by atoms with E-state index in [-0.39, 0.29) is 10.5 Å². The number of benzene rings is 3. The van der Waals surface area contributed by atoms with E-state index in [0.29, 0.717) is 16.4 Å². The van der Waals surface area contributed by atoms with Crippen molar-refractivity contribution in [2.75, 3.05) is 23.3 Å². The number of hydrogen-bond donors (Lipinski definition) is 1. The minimum absolute atomic E-state index is 0.00967. The van der Waals surface area contributed by atoms with Crippen LogP contribution >= 0.6 is 11.6 Å². The number of rotatable bonds is 7. The number of hydrogen-bond acceptors (Lipinski definition) is 5. The van der Waals surface area contributed by atoms with E-state index < -0.39 is 28.5 Å². The standard InChI is InChI=1S/C24H23ClN2O5S/c1-16-7-4-8-17(2)23(16)26-22(28)15-32-24(29)18-9-5-12-21(13-18)33(30,31)27(3)20-11-6-10-19(25)14-20/h4-14H,15H2,1-3H3,(H,26,28). The van der Waals surface area contributed by atoms with Gasteiger partial charge in [-0.1, -0.05) is 41.9 Å². The molecule has 0 saturated heterocycles. The van der Waals surface area contributed by atoms with Gasteiger partial charge in [0.05, 0.1) is 16.1 Å². The maximum absolute atomic E-state index is 13.0. The lowest BCUT2D eigenvalue weighted by Gasteiger charge is -2.20. The highest BCUT2D eigenvalue weighted by Gasteiger charge is 2.23. The highest BCUT2D eigenvalue weighted by Crippen LogP contribution is 2.25. The fourth-order valence-corrected chi connectivity index (χ4v) is 4.57. The van der Waals surface area contributed by atoms with Crippen LogP contribution < -0.4 is 9.62 Å². The van der Waals surface area contributed by atoms with Crippen molar-refractivity contribution in [3.05, 3.63) is 88.4 Å².